The van der Waals surface area contributed by atoms with Crippen molar-refractivity contribution in [1.82, 2.24) is 0 Å². The second kappa shape index (κ2) is 6.83. The maximum atomic E-state index is 5.77. The average Bonchev–Trinajstić information content (AvgIpc) is 2.38. The minimum atomic E-state index is 0.739. The van der Waals surface area contributed by atoms with Crippen molar-refractivity contribution >= 4 is 5.69 Å². The van der Waals surface area contributed by atoms with Gasteiger partial charge in [-0.05, 0) is 55.7 Å². The molecule has 2 heteroatoms. The van der Waals surface area contributed by atoms with Gasteiger partial charge in [0.15, 0.2) is 0 Å². The molecule has 0 unspecified atom stereocenters. The van der Waals surface area contributed by atoms with Crippen LogP contribution in [0.3, 0.4) is 0 Å². The Hall–Kier alpha value is -1.96. The van der Waals surface area contributed by atoms with Crippen molar-refractivity contribution in [3.8, 4) is 5.75 Å². The minimum Gasteiger partial charge on any atom is -0.494 e. The Bertz CT molecular complexity index is 488. The van der Waals surface area contributed by atoms with Crippen molar-refractivity contribution in [3.05, 3.63) is 59.7 Å². The van der Waals surface area contributed by atoms with Crippen molar-refractivity contribution in [1.29, 1.82) is 0 Å². The largest absolute Gasteiger partial charge is 0.494 e. The normalized spacial score (nSPS) is 10.2. The molecule has 2 aromatic carbocycles. The van der Waals surface area contributed by atoms with Crippen LogP contribution in [0.15, 0.2) is 48.5 Å². The van der Waals surface area contributed by atoms with Gasteiger partial charge in [0.25, 0.3) is 0 Å². The highest BCUT2D eigenvalue weighted by Crippen LogP contribution is 2.16. The number of anilines is 1. The molecular weight excluding hydrogens is 234 g/mol. The molecule has 2 rings (SSSR count). The zero-order chi connectivity index (χ0) is 13.5. The second-order valence-corrected chi connectivity index (χ2v) is 4.82. The van der Waals surface area contributed by atoms with Crippen molar-refractivity contribution in [3.63, 3.8) is 0 Å². The second-order valence-electron chi connectivity index (χ2n) is 4.82. The summed E-state index contributed by atoms with van der Waals surface area (Å²) < 4.78 is 5.77. The topological polar surface area (TPSA) is 21.3 Å². The Kier molecular flexibility index (Phi) is 4.85. The van der Waals surface area contributed by atoms with E-state index in [0.29, 0.717) is 0 Å². The zero-order valence-corrected chi connectivity index (χ0v) is 11.6. The van der Waals surface area contributed by atoms with E-state index in [2.05, 4.69) is 49.5 Å². The highest BCUT2D eigenvalue weighted by molar-refractivity contribution is 5.42. The van der Waals surface area contributed by atoms with E-state index < -0.39 is 0 Å². The van der Waals surface area contributed by atoms with Gasteiger partial charge in [-0.1, -0.05) is 24.3 Å². The molecule has 1 N–H and O–H groups in total. The molecule has 0 aromatic heterocycles. The third-order valence-corrected chi connectivity index (χ3v) is 2.89. The molecule has 0 amide bonds. The molecule has 0 radical (unpaired) electrons. The number of hydrogen-bond donors (Lipinski definition) is 1. The molecule has 0 saturated heterocycles. The summed E-state index contributed by atoms with van der Waals surface area (Å²) in [6.45, 7) is 5.85. The van der Waals surface area contributed by atoms with E-state index in [4.69, 9.17) is 4.74 Å². The van der Waals surface area contributed by atoms with Crippen LogP contribution in [0.2, 0.25) is 0 Å². The molecule has 0 fully saturated rings. The first-order valence-corrected chi connectivity index (χ1v) is 6.74. The molecule has 2 nitrogen and oxygen atoms in total. The zero-order valence-electron chi connectivity index (χ0n) is 11.6. The van der Waals surface area contributed by atoms with Gasteiger partial charge in [0.05, 0.1) is 6.61 Å². The quantitative estimate of drug-likeness (QED) is 0.782. The Morgan fingerprint density at radius 2 is 1.63 bits per heavy atom. The highest BCUT2D eigenvalue weighted by Gasteiger charge is 1.97. The van der Waals surface area contributed by atoms with Crippen LogP contribution in [-0.2, 0) is 0 Å². The lowest BCUT2D eigenvalue weighted by atomic mass is 10.1. The maximum absolute atomic E-state index is 5.77. The van der Waals surface area contributed by atoms with E-state index in [1.807, 2.05) is 18.2 Å². The molecule has 19 heavy (non-hydrogen) atoms. The first kappa shape index (κ1) is 13.5. The minimum absolute atomic E-state index is 0.739. The molecule has 0 aliphatic carbocycles. The number of benzene rings is 2. The van der Waals surface area contributed by atoms with Crippen LogP contribution in [0.25, 0.3) is 0 Å². The van der Waals surface area contributed by atoms with Crippen LogP contribution in [-0.4, -0.2) is 13.2 Å². The van der Waals surface area contributed by atoms with E-state index in [9.17, 15) is 0 Å². The first-order valence-electron chi connectivity index (χ1n) is 6.74. The summed E-state index contributed by atoms with van der Waals surface area (Å²) >= 11 is 0. The van der Waals surface area contributed by atoms with Gasteiger partial charge in [0, 0.05) is 12.2 Å². The molecule has 0 spiro atoms. The van der Waals surface area contributed by atoms with Gasteiger partial charge in [-0.15, -0.1) is 0 Å². The lowest BCUT2D eigenvalue weighted by molar-refractivity contribution is 0.314. The van der Waals surface area contributed by atoms with Crippen molar-refractivity contribution in [2.75, 3.05) is 18.5 Å². The van der Waals surface area contributed by atoms with Crippen molar-refractivity contribution in [2.45, 2.75) is 20.3 Å². The fourth-order valence-corrected chi connectivity index (χ4v) is 2.07. The van der Waals surface area contributed by atoms with Gasteiger partial charge in [-0.2, -0.15) is 0 Å². The van der Waals surface area contributed by atoms with Crippen LogP contribution in [0, 0.1) is 13.8 Å². The van der Waals surface area contributed by atoms with Gasteiger partial charge in [0.2, 0.25) is 0 Å². The molecule has 2 aromatic rings. The van der Waals surface area contributed by atoms with Gasteiger partial charge in [-0.25, -0.2) is 0 Å². The average molecular weight is 255 g/mol. The third-order valence-electron chi connectivity index (χ3n) is 2.89. The van der Waals surface area contributed by atoms with Gasteiger partial charge in [0.1, 0.15) is 5.75 Å². The Morgan fingerprint density at radius 3 is 2.32 bits per heavy atom. The van der Waals surface area contributed by atoms with E-state index in [-0.39, 0.29) is 0 Å². The summed E-state index contributed by atoms with van der Waals surface area (Å²) in [7, 11) is 0. The summed E-state index contributed by atoms with van der Waals surface area (Å²) in [6, 6.07) is 16.6. The number of hydrogen-bond acceptors (Lipinski definition) is 2. The predicted molar refractivity (Wildman–Crippen MR) is 81.0 cm³/mol. The summed E-state index contributed by atoms with van der Waals surface area (Å²) in [5.74, 6) is 0.970. The Labute approximate surface area is 115 Å². The highest BCUT2D eigenvalue weighted by atomic mass is 16.5. The van der Waals surface area contributed by atoms with E-state index in [1.54, 1.807) is 0 Å². The van der Waals surface area contributed by atoms with Crippen molar-refractivity contribution in [2.24, 2.45) is 0 Å². The molecule has 0 aliphatic heterocycles. The fraction of sp³-hybridized carbons (Fsp3) is 0.294. The third kappa shape index (κ3) is 4.66. The number of nitrogens with one attached hydrogen (secondary N) is 1. The van der Waals surface area contributed by atoms with Gasteiger partial charge in [-0.3, -0.25) is 0 Å². The summed E-state index contributed by atoms with van der Waals surface area (Å²) in [5.41, 5.74) is 3.66. The number of aryl methyl sites for hydroxylation is 2. The smallest absolute Gasteiger partial charge is 0.119 e. The monoisotopic (exact) mass is 255 g/mol. The van der Waals surface area contributed by atoms with E-state index in [0.717, 1.165) is 31.0 Å². The summed E-state index contributed by atoms with van der Waals surface area (Å²) in [4.78, 5) is 0. The Morgan fingerprint density at radius 1 is 0.947 bits per heavy atom. The Balaban J connectivity index is 1.69. The lowest BCUT2D eigenvalue weighted by Crippen LogP contribution is -2.07. The SMILES string of the molecule is Cc1cc(C)cc(OCCCNc2ccccc2)c1. The lowest BCUT2D eigenvalue weighted by Gasteiger charge is -2.09. The van der Waals surface area contributed by atoms with E-state index >= 15 is 0 Å². The number of para-hydroxylation sites is 1. The summed E-state index contributed by atoms with van der Waals surface area (Å²) in [5, 5.41) is 3.37. The number of rotatable bonds is 6. The molecule has 0 saturated carbocycles. The first-order chi connectivity index (χ1) is 9.24. The van der Waals surface area contributed by atoms with E-state index in [1.165, 1.54) is 11.1 Å². The summed E-state index contributed by atoms with van der Waals surface area (Å²) in [6.07, 6.45) is 0.988. The van der Waals surface area contributed by atoms with Crippen LogP contribution < -0.4 is 10.1 Å². The fourth-order valence-electron chi connectivity index (χ4n) is 2.07. The standard InChI is InChI=1S/C17H21NO/c1-14-11-15(2)13-17(12-14)19-10-6-9-18-16-7-4-3-5-8-16/h3-5,7-8,11-13,18H,6,9-10H2,1-2H3. The van der Waals surface area contributed by atoms with Crippen LogP contribution >= 0.6 is 0 Å². The maximum Gasteiger partial charge on any atom is 0.119 e. The molecule has 0 bridgehead atoms. The van der Waals surface area contributed by atoms with Gasteiger partial charge >= 0.3 is 0 Å². The number of ether oxygens (including phenoxy) is 1. The van der Waals surface area contributed by atoms with Crippen molar-refractivity contribution < 1.29 is 4.74 Å². The molecule has 0 aliphatic rings. The van der Waals surface area contributed by atoms with Crippen LogP contribution in [0.4, 0.5) is 5.69 Å². The molecular formula is C17H21NO. The molecule has 100 valence electrons. The van der Waals surface area contributed by atoms with Crippen LogP contribution in [0.1, 0.15) is 17.5 Å². The van der Waals surface area contributed by atoms with Crippen LogP contribution in [0.5, 0.6) is 5.75 Å². The molecule has 0 atom stereocenters. The molecule has 0 heterocycles. The van der Waals surface area contributed by atoms with Gasteiger partial charge < -0.3 is 10.1 Å². The predicted octanol–water partition coefficient (Wildman–Crippen LogP) is 4.18.